The van der Waals surface area contributed by atoms with E-state index in [0.29, 0.717) is 33.9 Å². The lowest BCUT2D eigenvalue weighted by atomic mass is 9.33. The second-order valence-electron chi connectivity index (χ2n) is 30.4. The topological polar surface area (TPSA) is 16.3 Å². The molecule has 0 saturated carbocycles. The maximum Gasteiger partial charge on any atom is 0.252 e. The van der Waals surface area contributed by atoms with Crippen LogP contribution in [0.3, 0.4) is 0 Å². The zero-order valence-corrected chi connectivity index (χ0v) is 61.9. The van der Waals surface area contributed by atoms with Gasteiger partial charge in [0.25, 0.3) is 6.71 Å². The van der Waals surface area contributed by atoms with Crippen molar-refractivity contribution in [1.82, 2.24) is 9.13 Å². The SMILES string of the molecule is [2H]c1c([2H])c([2H])c2c(c1[2H])c1c([2H])c([2H])c(-c3ccccc3)c([2H])c1n2-c1ccc2c(c1)N(c1c(-c3ccccc3)cccc1-c1ccc3c(ccc4ccccc43)c1)c1cc(C(C)(C)C)cc3c1B2c1ccc(-n2c4c([2H])c([2H])c([2H])c([2H])c4c4c([2H])c([2H])c(-c5ccccc5)c([2H])c42)cc1N3c1c(-c2ccccc2)cc(-c2ccccc2)cc1-c1ccccc1. The van der Waals surface area contributed by atoms with Gasteiger partial charge in [-0.15, -0.1) is 0 Å². The van der Waals surface area contributed by atoms with E-state index in [1.165, 1.54) is 0 Å². The number of rotatable bonds is 11. The molecule has 22 rings (SSSR count). The van der Waals surface area contributed by atoms with E-state index in [0.717, 1.165) is 122 Å². The summed E-state index contributed by atoms with van der Waals surface area (Å²) >= 11 is 0. The summed E-state index contributed by atoms with van der Waals surface area (Å²) in [6, 6.07) is 102. The number of anilines is 6. The van der Waals surface area contributed by atoms with Crippen molar-refractivity contribution in [1.29, 1.82) is 0 Å². The normalized spacial score (nSPS) is 14.2. The Bertz CT molecular complexity index is 8040. The molecule has 4 nitrogen and oxygen atoms in total. The molecule has 2 aliphatic heterocycles. The summed E-state index contributed by atoms with van der Waals surface area (Å²) in [5.41, 5.74) is 18.5. The first-order chi connectivity index (χ1) is 61.6. The maximum atomic E-state index is 10.6. The number of nitrogens with zero attached hydrogens (tertiary/aromatic N) is 4. The molecule has 0 fully saturated rings. The van der Waals surface area contributed by atoms with E-state index in [4.69, 9.17) is 0 Å². The fourth-order valence-corrected chi connectivity index (χ4v) is 17.6. The fourth-order valence-electron chi connectivity index (χ4n) is 17.6. The summed E-state index contributed by atoms with van der Waals surface area (Å²) in [7, 11) is 0. The number of hydrogen-bond acceptors (Lipinski definition) is 2. The Hall–Kier alpha value is -14.3. The van der Waals surface area contributed by atoms with E-state index < -0.39 is 60.5 Å². The molecule has 0 bridgehead atoms. The minimum atomic E-state index is -0.750. The molecular formula is C108H75BN4. The van der Waals surface area contributed by atoms with Gasteiger partial charge in [0.15, 0.2) is 0 Å². The van der Waals surface area contributed by atoms with Gasteiger partial charge in [0.1, 0.15) is 0 Å². The first-order valence-electron chi connectivity index (χ1n) is 45.3. The van der Waals surface area contributed by atoms with Crippen molar-refractivity contribution < 1.29 is 19.2 Å². The van der Waals surface area contributed by atoms with Gasteiger partial charge in [-0.05, 0) is 183 Å². The zero-order valence-electron chi connectivity index (χ0n) is 75.9. The lowest BCUT2D eigenvalue weighted by molar-refractivity contribution is 0.590. The monoisotopic (exact) mass is 1450 g/mol. The predicted molar refractivity (Wildman–Crippen MR) is 481 cm³/mol. The summed E-state index contributed by atoms with van der Waals surface area (Å²) in [5, 5.41) is 4.38. The molecule has 0 spiro atoms. The first-order valence-corrected chi connectivity index (χ1v) is 38.3. The van der Waals surface area contributed by atoms with E-state index in [9.17, 15) is 19.2 Å². The second-order valence-corrected chi connectivity index (χ2v) is 30.4. The Balaban J connectivity index is 0.938. The van der Waals surface area contributed by atoms with Gasteiger partial charge in [-0.1, -0.05) is 342 Å². The van der Waals surface area contributed by atoms with Gasteiger partial charge in [-0.25, -0.2) is 0 Å². The highest BCUT2D eigenvalue weighted by atomic mass is 15.2. The Morgan fingerprint density at radius 1 is 0.265 bits per heavy atom. The lowest BCUT2D eigenvalue weighted by Crippen LogP contribution is -2.61. The molecule has 0 atom stereocenters. The third-order valence-electron chi connectivity index (χ3n) is 22.9. The fraction of sp³-hybridized carbons (Fsp3) is 0.0370. The van der Waals surface area contributed by atoms with E-state index >= 15 is 0 Å². The Labute approximate surface area is 678 Å². The average molecular weight is 1450 g/mol. The molecule has 0 unspecified atom stereocenters. The van der Waals surface area contributed by atoms with Crippen LogP contribution in [-0.4, -0.2) is 15.8 Å². The highest BCUT2D eigenvalue weighted by Crippen LogP contribution is 2.56. The van der Waals surface area contributed by atoms with Crippen molar-refractivity contribution in [2.75, 3.05) is 9.80 Å². The summed E-state index contributed by atoms with van der Waals surface area (Å²) in [6.45, 7) is 5.88. The Morgan fingerprint density at radius 3 is 1.17 bits per heavy atom. The molecule has 0 amide bonds. The van der Waals surface area contributed by atoms with Gasteiger partial charge in [0.05, 0.1) is 52.6 Å². The van der Waals surface area contributed by atoms with Crippen LogP contribution < -0.4 is 26.2 Å². The van der Waals surface area contributed by atoms with Crippen molar-refractivity contribution in [3.8, 4) is 89.3 Å². The van der Waals surface area contributed by atoms with Crippen LogP contribution in [-0.2, 0) is 5.41 Å². The molecule has 2 aliphatic rings. The molecule has 2 aromatic heterocycles. The van der Waals surface area contributed by atoms with E-state index in [1.807, 2.05) is 97.1 Å². The standard InChI is InChI=1S/C108H75BN4/c1-108(2,3)82-66-103-105-104(67-82)113(107-93(74-37-18-8-19-38-74)62-81(72-33-14-6-15-34-72)63-94(107)75-39-20-9-21-40-75)102-69-84(111-98-48-27-25-44-90(98)92-58-52-78(65-100(92)111)71-31-12-5-13-32-71)55-60-96(102)109(105)95-59-54-83(110-97-47-26-24-43-89(97)91-57-51-77(64-99(91)110)70-29-10-4-11-30-70)68-101(95)112(103)106-87(73-35-16-7-17-36-73)45-28-46-88(106)80-53-56-86-79(61-80)50-49-76-41-22-23-42-85(76)86/h4-69H,1-3H3/i24D,25D,26D,27D,43D,44D,47D,48D,51D,52D,57D,58D,64D,65D. The van der Waals surface area contributed by atoms with Gasteiger partial charge < -0.3 is 18.9 Å². The van der Waals surface area contributed by atoms with Crippen molar-refractivity contribution in [3.05, 3.63) is 406 Å². The number of hydrogen-bond donors (Lipinski definition) is 0. The number of para-hydroxylation sites is 3. The summed E-state index contributed by atoms with van der Waals surface area (Å²) in [5.74, 6) is 0. The molecule has 0 radical (unpaired) electrons. The first kappa shape index (κ1) is 52.7. The third-order valence-corrected chi connectivity index (χ3v) is 22.9. The molecule has 0 aliphatic carbocycles. The molecule has 20 aromatic rings. The predicted octanol–water partition coefficient (Wildman–Crippen LogP) is 27.2. The largest absolute Gasteiger partial charge is 0.310 e. The van der Waals surface area contributed by atoms with Crippen molar-refractivity contribution >= 4 is 122 Å². The summed E-state index contributed by atoms with van der Waals surface area (Å²) in [6.07, 6.45) is 0. The van der Waals surface area contributed by atoms with Crippen molar-refractivity contribution in [3.63, 3.8) is 0 Å². The molecule has 0 N–H and O–H groups in total. The van der Waals surface area contributed by atoms with Crippen LogP contribution in [0.15, 0.2) is 400 Å². The molecule has 113 heavy (non-hydrogen) atoms. The van der Waals surface area contributed by atoms with E-state index in [2.05, 4.69) is 225 Å². The minimum absolute atomic E-state index is 0.00170. The zero-order chi connectivity index (χ0) is 87.2. The van der Waals surface area contributed by atoms with E-state index in [1.54, 1.807) is 33.4 Å². The summed E-state index contributed by atoms with van der Waals surface area (Å²) in [4.78, 5) is 4.78. The van der Waals surface area contributed by atoms with Gasteiger partial charge in [-0.2, -0.15) is 0 Å². The Morgan fingerprint density at radius 2 is 0.673 bits per heavy atom. The molecular weight excluding hydrogens is 1360 g/mol. The molecule has 18 aromatic carbocycles. The minimum Gasteiger partial charge on any atom is -0.310 e. The Kier molecular flexibility index (Phi) is 12.2. The quantitative estimate of drug-likeness (QED) is 0.0948. The van der Waals surface area contributed by atoms with Crippen LogP contribution in [0.5, 0.6) is 0 Å². The van der Waals surface area contributed by atoms with Crippen LogP contribution in [0.2, 0.25) is 0 Å². The smallest absolute Gasteiger partial charge is 0.252 e. The van der Waals surface area contributed by atoms with Gasteiger partial charge in [0.2, 0.25) is 0 Å². The highest BCUT2D eigenvalue weighted by molar-refractivity contribution is 7.00. The van der Waals surface area contributed by atoms with Gasteiger partial charge in [-0.3, -0.25) is 0 Å². The van der Waals surface area contributed by atoms with Crippen LogP contribution in [0.1, 0.15) is 45.5 Å². The van der Waals surface area contributed by atoms with Crippen LogP contribution >= 0.6 is 0 Å². The maximum absolute atomic E-state index is 10.6. The van der Waals surface area contributed by atoms with Gasteiger partial charge >= 0.3 is 0 Å². The third kappa shape index (κ3) is 10.7. The average Bonchev–Trinajstić information content (AvgIpc) is 1.57. The molecule has 530 valence electrons. The van der Waals surface area contributed by atoms with Crippen LogP contribution in [0, 0.1) is 0 Å². The number of aromatic nitrogens is 2. The van der Waals surface area contributed by atoms with Crippen molar-refractivity contribution in [2.45, 2.75) is 26.2 Å². The van der Waals surface area contributed by atoms with E-state index in [-0.39, 0.29) is 91.0 Å². The summed E-state index contributed by atoms with van der Waals surface area (Å²) < 4.78 is 142. The molecule has 0 saturated heterocycles. The second kappa shape index (κ2) is 26.2. The van der Waals surface area contributed by atoms with Gasteiger partial charge in [0, 0.05) is 77.9 Å². The van der Waals surface area contributed by atoms with Crippen molar-refractivity contribution in [2.24, 2.45) is 0 Å². The number of fused-ring (bicyclic) bond motifs is 13. The van der Waals surface area contributed by atoms with Crippen LogP contribution in [0.4, 0.5) is 34.1 Å². The lowest BCUT2D eigenvalue weighted by Gasteiger charge is -2.46. The highest BCUT2D eigenvalue weighted by Gasteiger charge is 2.46. The number of benzene rings is 18. The molecule has 4 heterocycles. The molecule has 5 heteroatoms. The van der Waals surface area contributed by atoms with Crippen LogP contribution in [0.25, 0.3) is 154 Å².